The second-order valence-electron chi connectivity index (χ2n) is 8.48. The fourth-order valence-electron chi connectivity index (χ4n) is 4.09. The Balaban J connectivity index is 1.39. The van der Waals surface area contributed by atoms with E-state index in [1.807, 2.05) is 73.7 Å². The number of ether oxygens (including phenoxy) is 2. The van der Waals surface area contributed by atoms with Gasteiger partial charge in [-0.3, -0.25) is 0 Å². The molecule has 3 aromatic carbocycles. The van der Waals surface area contributed by atoms with E-state index in [0.29, 0.717) is 39.8 Å². The summed E-state index contributed by atoms with van der Waals surface area (Å²) in [5.74, 6) is 1.61. The molecule has 5 rings (SSSR count). The van der Waals surface area contributed by atoms with E-state index in [0.717, 1.165) is 16.9 Å². The Morgan fingerprint density at radius 1 is 1.03 bits per heavy atom. The number of hydrogen-bond acceptors (Lipinski definition) is 7. The Morgan fingerprint density at radius 2 is 1.76 bits per heavy atom. The number of aromatic nitrogens is 3. The molecule has 9 heteroatoms. The quantitative estimate of drug-likeness (QED) is 0.212. The first kappa shape index (κ1) is 24.9. The number of anilines is 1. The molecule has 0 saturated carbocycles. The lowest BCUT2D eigenvalue weighted by Crippen LogP contribution is -2.29. The second-order valence-corrected chi connectivity index (χ2v) is 9.86. The number of fused-ring (bicyclic) bond motifs is 1. The lowest BCUT2D eigenvalue weighted by atomic mass is 9.96. The highest BCUT2D eigenvalue weighted by molar-refractivity contribution is 7.98. The number of carbonyl (C=O) groups is 1. The first-order valence-corrected chi connectivity index (χ1v) is 13.0. The van der Waals surface area contributed by atoms with Crippen LogP contribution in [0, 0.1) is 0 Å². The maximum atomic E-state index is 12.8. The van der Waals surface area contributed by atoms with Crippen LogP contribution in [0.1, 0.15) is 29.7 Å². The predicted octanol–water partition coefficient (Wildman–Crippen LogP) is 6.26. The number of methoxy groups -OCH3 is 1. The van der Waals surface area contributed by atoms with Gasteiger partial charge in [-0.1, -0.05) is 78.0 Å². The molecule has 1 aliphatic rings. The maximum Gasteiger partial charge on any atom is 0.338 e. The van der Waals surface area contributed by atoms with Gasteiger partial charge in [0.05, 0.1) is 12.7 Å². The molecule has 2 heterocycles. The number of benzene rings is 3. The lowest BCUT2D eigenvalue weighted by Gasteiger charge is -2.27. The van der Waals surface area contributed by atoms with E-state index in [9.17, 15) is 4.79 Å². The predicted molar refractivity (Wildman–Crippen MR) is 145 cm³/mol. The summed E-state index contributed by atoms with van der Waals surface area (Å²) in [5, 5.41) is 9.28. The zero-order chi connectivity index (χ0) is 25.8. The summed E-state index contributed by atoms with van der Waals surface area (Å²) in [7, 11) is 1.38. The van der Waals surface area contributed by atoms with Crippen LogP contribution >= 0.6 is 23.4 Å². The van der Waals surface area contributed by atoms with Gasteiger partial charge in [0.15, 0.2) is 0 Å². The Hall–Kier alpha value is -3.75. The first-order valence-electron chi connectivity index (χ1n) is 11.7. The lowest BCUT2D eigenvalue weighted by molar-refractivity contribution is -0.136. The fourth-order valence-corrected chi connectivity index (χ4v) is 5.00. The molecule has 0 bridgehead atoms. The van der Waals surface area contributed by atoms with Crippen molar-refractivity contribution in [3.8, 4) is 5.75 Å². The standard InChI is InChI=1S/C28H25ClN4O3S/c1-18-24(26(34)35-2)25(21-10-14-23(15-11-21)36-16-19-8-12-22(29)13-9-19)33-27(30-18)31-28(32-33)37-17-20-6-4-3-5-7-20/h3-15,25H,16-17H2,1-2H3,(H,30,31,32). The maximum absolute atomic E-state index is 12.8. The van der Waals surface area contributed by atoms with Crippen molar-refractivity contribution in [2.24, 2.45) is 0 Å². The van der Waals surface area contributed by atoms with E-state index in [4.69, 9.17) is 26.2 Å². The summed E-state index contributed by atoms with van der Waals surface area (Å²) < 4.78 is 12.8. The van der Waals surface area contributed by atoms with Crippen molar-refractivity contribution >= 4 is 35.3 Å². The Labute approximate surface area is 224 Å². The van der Waals surface area contributed by atoms with Crippen LogP contribution in [-0.4, -0.2) is 27.8 Å². The molecule has 1 N–H and O–H groups in total. The minimum absolute atomic E-state index is 0.419. The van der Waals surface area contributed by atoms with Gasteiger partial charge in [-0.15, -0.1) is 5.10 Å². The van der Waals surface area contributed by atoms with Gasteiger partial charge < -0.3 is 14.8 Å². The fraction of sp³-hybridized carbons (Fsp3) is 0.179. The Kier molecular flexibility index (Phi) is 7.48. The molecule has 0 radical (unpaired) electrons. The van der Waals surface area contributed by atoms with Crippen molar-refractivity contribution in [1.29, 1.82) is 0 Å². The largest absolute Gasteiger partial charge is 0.489 e. The molecule has 1 aliphatic heterocycles. The van der Waals surface area contributed by atoms with Gasteiger partial charge >= 0.3 is 5.97 Å². The van der Waals surface area contributed by atoms with Crippen LogP contribution in [0.4, 0.5) is 5.95 Å². The van der Waals surface area contributed by atoms with Gasteiger partial charge in [0, 0.05) is 16.5 Å². The highest BCUT2D eigenvalue weighted by Gasteiger charge is 2.35. The first-order chi connectivity index (χ1) is 18.0. The van der Waals surface area contributed by atoms with E-state index < -0.39 is 12.0 Å². The number of nitrogens with zero attached hydrogens (tertiary/aromatic N) is 3. The number of allylic oxidation sites excluding steroid dienone is 1. The number of rotatable bonds is 8. The topological polar surface area (TPSA) is 78.3 Å². The van der Waals surface area contributed by atoms with Crippen molar-refractivity contribution in [1.82, 2.24) is 14.8 Å². The van der Waals surface area contributed by atoms with Crippen molar-refractivity contribution in [3.63, 3.8) is 0 Å². The zero-order valence-electron chi connectivity index (χ0n) is 20.3. The van der Waals surface area contributed by atoms with Crippen LogP contribution in [0.5, 0.6) is 5.75 Å². The summed E-state index contributed by atoms with van der Waals surface area (Å²) in [5.41, 5.74) is 4.23. The number of hydrogen-bond donors (Lipinski definition) is 1. The molecule has 7 nitrogen and oxygen atoms in total. The molecule has 1 unspecified atom stereocenters. The van der Waals surface area contributed by atoms with Gasteiger partial charge in [-0.2, -0.15) is 4.98 Å². The van der Waals surface area contributed by atoms with Crippen LogP contribution in [0.3, 0.4) is 0 Å². The summed E-state index contributed by atoms with van der Waals surface area (Å²) in [4.78, 5) is 17.5. The Morgan fingerprint density at radius 3 is 2.46 bits per heavy atom. The number of thioether (sulfide) groups is 1. The van der Waals surface area contributed by atoms with Crippen molar-refractivity contribution in [2.75, 3.05) is 12.4 Å². The minimum atomic E-state index is -0.493. The molecule has 0 aliphatic carbocycles. The van der Waals surface area contributed by atoms with Crippen molar-refractivity contribution in [3.05, 3.63) is 112 Å². The van der Waals surface area contributed by atoms with E-state index >= 15 is 0 Å². The van der Waals surface area contributed by atoms with Gasteiger partial charge in [-0.25, -0.2) is 9.48 Å². The number of halogens is 1. The third-order valence-electron chi connectivity index (χ3n) is 5.96. The SMILES string of the molecule is COC(=O)C1=C(C)Nc2nc(SCc3ccccc3)nn2C1c1ccc(OCc2ccc(Cl)cc2)cc1. The molecule has 1 atom stereocenters. The summed E-state index contributed by atoms with van der Waals surface area (Å²) in [6.07, 6.45) is 0. The molecule has 4 aromatic rings. The van der Waals surface area contributed by atoms with Gasteiger partial charge in [-0.05, 0) is 47.9 Å². The van der Waals surface area contributed by atoms with E-state index in [-0.39, 0.29) is 0 Å². The molecule has 37 heavy (non-hydrogen) atoms. The summed E-state index contributed by atoms with van der Waals surface area (Å²) in [6, 6.07) is 24.9. The van der Waals surface area contributed by atoms with E-state index in [1.165, 1.54) is 12.7 Å². The van der Waals surface area contributed by atoms with Gasteiger partial charge in [0.1, 0.15) is 18.4 Å². The van der Waals surface area contributed by atoms with Crippen molar-refractivity contribution < 1.29 is 14.3 Å². The molecule has 0 fully saturated rings. The highest BCUT2D eigenvalue weighted by Crippen LogP contribution is 2.37. The average molecular weight is 533 g/mol. The van der Waals surface area contributed by atoms with Crippen molar-refractivity contribution in [2.45, 2.75) is 30.5 Å². The van der Waals surface area contributed by atoms with E-state index in [2.05, 4.69) is 22.4 Å². The molecule has 0 saturated heterocycles. The van der Waals surface area contributed by atoms with E-state index in [1.54, 1.807) is 16.4 Å². The molecular weight excluding hydrogens is 508 g/mol. The summed E-state index contributed by atoms with van der Waals surface area (Å²) in [6.45, 7) is 2.27. The number of carbonyl (C=O) groups excluding carboxylic acids is 1. The highest BCUT2D eigenvalue weighted by atomic mass is 35.5. The monoisotopic (exact) mass is 532 g/mol. The molecular formula is C28H25ClN4O3S. The van der Waals surface area contributed by atoms with Crippen LogP contribution in [0.15, 0.2) is 95.3 Å². The zero-order valence-corrected chi connectivity index (χ0v) is 21.9. The normalized spacial score (nSPS) is 14.6. The van der Waals surface area contributed by atoms with Gasteiger partial charge in [0.2, 0.25) is 11.1 Å². The minimum Gasteiger partial charge on any atom is -0.489 e. The molecule has 1 aromatic heterocycles. The second kappa shape index (κ2) is 11.1. The van der Waals surface area contributed by atoms with Crippen LogP contribution in [0.25, 0.3) is 0 Å². The third kappa shape index (κ3) is 5.65. The number of esters is 1. The molecule has 0 amide bonds. The molecule has 0 spiro atoms. The Bertz CT molecular complexity index is 1420. The van der Waals surface area contributed by atoms with Crippen LogP contribution in [-0.2, 0) is 21.9 Å². The third-order valence-corrected chi connectivity index (χ3v) is 7.12. The summed E-state index contributed by atoms with van der Waals surface area (Å²) >= 11 is 7.51. The molecule has 188 valence electrons. The smallest absolute Gasteiger partial charge is 0.338 e. The number of nitrogens with one attached hydrogen (secondary N) is 1. The average Bonchev–Trinajstić information content (AvgIpc) is 3.33. The van der Waals surface area contributed by atoms with Gasteiger partial charge in [0.25, 0.3) is 0 Å². The van der Waals surface area contributed by atoms with Crippen LogP contribution < -0.4 is 10.1 Å². The van der Waals surface area contributed by atoms with Crippen LogP contribution in [0.2, 0.25) is 5.02 Å².